The van der Waals surface area contributed by atoms with Gasteiger partial charge in [-0.3, -0.25) is 14.2 Å². The van der Waals surface area contributed by atoms with Gasteiger partial charge >= 0.3 is 175 Å². The minimum atomic E-state index is -3.91. The summed E-state index contributed by atoms with van der Waals surface area (Å²) in [5.74, 6) is 0.941. The summed E-state index contributed by atoms with van der Waals surface area (Å²) in [5, 5.41) is 0.960. The number of allylic oxidation sites excluding steroid dienone is 9. The number of aryl methyl sites for hydroxylation is 1. The summed E-state index contributed by atoms with van der Waals surface area (Å²) in [7, 11) is -6.10. The molecule has 2 unspecified atom stereocenters. The molecule has 0 spiro atoms. The summed E-state index contributed by atoms with van der Waals surface area (Å²) < 4.78 is 42.3. The molecule has 0 aliphatic heterocycles. The van der Waals surface area contributed by atoms with Gasteiger partial charge in [0.05, 0.1) is 19.6 Å². The minimum absolute atomic E-state index is 0.0221. The molecule has 0 amide bonds. The molecule has 2 aromatic rings. The molecule has 2 aliphatic carbocycles. The monoisotopic (exact) mass is 942 g/mol. The van der Waals surface area contributed by atoms with Gasteiger partial charge in [-0.15, -0.1) is 0 Å². The number of thioether (sulfide) groups is 2. The molecule has 0 saturated carbocycles. The fourth-order valence-corrected chi connectivity index (χ4v) is 13.3. The summed E-state index contributed by atoms with van der Waals surface area (Å²) in [4.78, 5) is 64.7. The number of rotatable bonds is 26. The van der Waals surface area contributed by atoms with Gasteiger partial charge in [0.25, 0.3) is 7.37 Å². The zero-order chi connectivity index (χ0) is 46.0. The van der Waals surface area contributed by atoms with E-state index in [2.05, 4.69) is 0 Å². The van der Waals surface area contributed by atoms with Crippen molar-refractivity contribution in [3.8, 4) is 0 Å². The van der Waals surface area contributed by atoms with E-state index in [1.807, 2.05) is 70.2 Å². The Balaban J connectivity index is 1.24. The Labute approximate surface area is 382 Å². The van der Waals surface area contributed by atoms with Crippen molar-refractivity contribution in [1.29, 1.82) is 0 Å². The van der Waals surface area contributed by atoms with Gasteiger partial charge in [0.2, 0.25) is 5.52 Å². The molecule has 0 radical (unpaired) electrons. The third-order valence-electron chi connectivity index (χ3n) is 10.8. The van der Waals surface area contributed by atoms with E-state index in [1.54, 1.807) is 69.1 Å². The molecule has 15 heteroatoms. The van der Waals surface area contributed by atoms with Crippen molar-refractivity contribution in [2.75, 3.05) is 57.4 Å². The molecule has 0 fully saturated rings. The Morgan fingerprint density at radius 2 is 1.60 bits per heavy atom. The zero-order valence-electron chi connectivity index (χ0n) is 37.7. The number of esters is 2. The van der Waals surface area contributed by atoms with Crippen LogP contribution in [0, 0.1) is 12.3 Å². The molecule has 11 nitrogen and oxygen atoms in total. The van der Waals surface area contributed by atoms with Gasteiger partial charge in [0, 0.05) is 29.5 Å². The summed E-state index contributed by atoms with van der Waals surface area (Å²) in [5.41, 5.74) is 3.67. The number of hydrogen-bond donors (Lipinski definition) is 1. The first-order chi connectivity index (χ1) is 30.1. The van der Waals surface area contributed by atoms with Crippen molar-refractivity contribution >= 4 is 66.9 Å². The predicted molar refractivity (Wildman–Crippen MR) is 258 cm³/mol. The van der Waals surface area contributed by atoms with E-state index >= 15 is 0 Å². The first kappa shape index (κ1) is 52.2. The van der Waals surface area contributed by atoms with E-state index < -0.39 is 37.5 Å². The number of carbonyl (C=O) groups excluding carboxylic acids is 4. The predicted octanol–water partition coefficient (Wildman–Crippen LogP) is 10.2. The van der Waals surface area contributed by atoms with Gasteiger partial charge in [-0.05, 0) is 57.6 Å². The first-order valence-corrected chi connectivity index (χ1v) is 27.2. The van der Waals surface area contributed by atoms with Gasteiger partial charge in [-0.1, -0.05) is 42.9 Å². The number of benzene rings is 2. The summed E-state index contributed by atoms with van der Waals surface area (Å²) in [6.45, 7) is 11.7. The maximum atomic E-state index is 14.0. The van der Waals surface area contributed by atoms with Crippen molar-refractivity contribution in [2.24, 2.45) is 5.41 Å². The molecule has 0 bridgehead atoms. The third kappa shape index (κ3) is 14.6. The molecule has 1 N–H and O–H groups in total. The topological polar surface area (TPSA) is 152 Å². The fraction of sp³-hybridized carbons (Fsp3) is 0.458. The Bertz CT molecular complexity index is 2150. The summed E-state index contributed by atoms with van der Waals surface area (Å²) >= 11 is 2.96. The number of hydrogen-bond acceptors (Lipinski definition) is 13. The van der Waals surface area contributed by atoms with Crippen LogP contribution in [0.15, 0.2) is 107 Å². The second kappa shape index (κ2) is 25.4. The van der Waals surface area contributed by atoms with E-state index in [1.165, 1.54) is 11.8 Å². The molecule has 2 aliphatic rings. The van der Waals surface area contributed by atoms with Gasteiger partial charge in [-0.2, -0.15) is 11.8 Å². The summed E-state index contributed by atoms with van der Waals surface area (Å²) in [6.07, 6.45) is 12.2. The second-order valence-corrected chi connectivity index (χ2v) is 22.7. The van der Waals surface area contributed by atoms with Gasteiger partial charge in [0.15, 0.2) is 0 Å². The molecule has 0 heterocycles. The second-order valence-electron chi connectivity index (χ2n) is 15.8. The van der Waals surface area contributed by atoms with E-state index in [-0.39, 0.29) is 51.2 Å². The van der Waals surface area contributed by atoms with Crippen LogP contribution < -0.4 is 5.30 Å². The van der Waals surface area contributed by atoms with Crippen molar-refractivity contribution in [3.63, 3.8) is 0 Å². The maximum Gasteiger partial charge on any atom is 0.0401 e. The van der Waals surface area contributed by atoms with Crippen molar-refractivity contribution in [2.45, 2.75) is 79.4 Å². The number of carbonyl (C=O) groups is 4. The van der Waals surface area contributed by atoms with Crippen LogP contribution in [-0.2, 0) is 48.0 Å². The molecule has 0 aromatic heterocycles. The molecule has 344 valence electrons. The van der Waals surface area contributed by atoms with E-state index in [0.29, 0.717) is 57.4 Å². The van der Waals surface area contributed by atoms with Crippen LogP contribution in [0.1, 0.15) is 88.2 Å². The molecular weight excluding hydrogens is 879 g/mol. The number of methoxy groups -OCH3 is 1. The molecule has 2 aromatic carbocycles. The standard InChI is InChI=1S/C48H64O11P2S2/c1-8-48(32-55-7,34-57-45(50)31-63-29-38-21-22-42(36(5)27-38)46(51)60(53,58-9-2)40-17-13-11-14-18-40)33-56-44(49)23-24-62-30-39-25-35(4)26-43(37(6)28-39)47(52)61(54,59-10-3)41-19-15-12-16-20-41/h11,13-15,17-22,25,27-28,53,60H,8-10,12,16,23-24,26,29-34H2,1-7H3. The molecule has 0 saturated heterocycles. The quantitative estimate of drug-likeness (QED) is 0.0542. The zero-order valence-corrected chi connectivity index (χ0v) is 41.2. The first-order valence-electron chi connectivity index (χ1n) is 21.4. The maximum absolute atomic E-state index is 14.0. The molecule has 4 rings (SSSR count). The van der Waals surface area contributed by atoms with E-state index in [4.69, 9.17) is 23.3 Å². The Morgan fingerprint density at radius 3 is 2.24 bits per heavy atom. The fourth-order valence-electron chi connectivity index (χ4n) is 7.27. The van der Waals surface area contributed by atoms with Gasteiger partial charge in [-0.25, -0.2) is 0 Å². The number of ether oxygens (including phenoxy) is 3. The largest absolute Gasteiger partial charge is 0.0834 e. The smallest absolute Gasteiger partial charge is 0.0401 e. The molecular formula is C48H64O11P2S2. The van der Waals surface area contributed by atoms with Crippen LogP contribution in [0.25, 0.3) is 0 Å². The minimum Gasteiger partial charge on any atom is -0.0834 e. The Kier molecular flexibility index (Phi) is 21.0. The van der Waals surface area contributed by atoms with E-state index in [9.17, 15) is 28.6 Å². The average molecular weight is 943 g/mol. The molecule has 63 heavy (non-hydrogen) atoms. The van der Waals surface area contributed by atoms with Crippen LogP contribution in [0.2, 0.25) is 0 Å². The van der Waals surface area contributed by atoms with Crippen molar-refractivity contribution in [1.82, 2.24) is 0 Å². The van der Waals surface area contributed by atoms with Gasteiger partial charge in [0.1, 0.15) is 6.61 Å². The van der Waals surface area contributed by atoms with Crippen LogP contribution in [0.4, 0.5) is 0 Å². The summed E-state index contributed by atoms with van der Waals surface area (Å²) in [6, 6.07) is 14.2. The van der Waals surface area contributed by atoms with Crippen LogP contribution in [-0.4, -0.2) is 85.3 Å². The SMILES string of the molecule is CCOP(=O)(C(=O)C1=C(C)C=C(CSCCC(=O)OCC(CC)(COC)COC(=O)CSCc2ccc(C(=O)[PH](O)(OCC)c3ccccc3)c(C)c2)C=C(C)C1)C1=CCCC=C1. The van der Waals surface area contributed by atoms with Crippen molar-refractivity contribution < 1.29 is 51.9 Å². The average Bonchev–Trinajstić information content (AvgIpc) is 3.42. The normalized spacial score (nSPS) is 16.5. The van der Waals surface area contributed by atoms with Gasteiger partial charge < -0.3 is 14.0 Å². The van der Waals surface area contributed by atoms with Crippen LogP contribution >= 0.6 is 38.6 Å². The van der Waals surface area contributed by atoms with Crippen LogP contribution in [0.3, 0.4) is 0 Å². The third-order valence-corrected chi connectivity index (χ3v) is 17.9. The Morgan fingerprint density at radius 1 is 0.873 bits per heavy atom. The Hall–Kier alpha value is -3.38. The van der Waals surface area contributed by atoms with Crippen molar-refractivity contribution in [3.05, 3.63) is 123 Å². The molecule has 2 atom stereocenters. The van der Waals surface area contributed by atoms with E-state index in [0.717, 1.165) is 35.1 Å². The van der Waals surface area contributed by atoms with Crippen LogP contribution in [0.5, 0.6) is 0 Å².